The fraction of sp³-hybridized carbons (Fsp3) is 0.333. The Balaban J connectivity index is 1.91. The Morgan fingerprint density at radius 2 is 1.76 bits per heavy atom. The second kappa shape index (κ2) is 8.75. The Bertz CT molecular complexity index is 1030. The van der Waals surface area contributed by atoms with Gasteiger partial charge < -0.3 is 10.1 Å². The van der Waals surface area contributed by atoms with Gasteiger partial charge in [0.05, 0.1) is 17.6 Å². The molecule has 0 bridgehead atoms. The Morgan fingerprint density at radius 1 is 1.03 bits per heavy atom. The molecule has 0 saturated carbocycles. The van der Waals surface area contributed by atoms with Crippen LogP contribution >= 0.6 is 0 Å². The first-order valence-corrected chi connectivity index (χ1v) is 10.9. The topological polar surface area (TPSA) is 92.8 Å². The van der Waals surface area contributed by atoms with Crippen molar-refractivity contribution >= 4 is 27.4 Å². The summed E-state index contributed by atoms with van der Waals surface area (Å²) in [6.45, 7) is 2.40. The number of rotatable bonds is 6. The first kappa shape index (κ1) is 21.0. The molecule has 0 spiro atoms. The largest absolute Gasteiger partial charge is 0.496 e. The van der Waals surface area contributed by atoms with Gasteiger partial charge in [0.15, 0.2) is 5.78 Å². The van der Waals surface area contributed by atoms with Gasteiger partial charge in [-0.05, 0) is 50.1 Å². The SMILES string of the molecule is COc1ccc(S(=O)(=O)N2CCCCC2)cc1C(=O)Nc1cccc(C(C)=O)c1. The van der Waals surface area contributed by atoms with E-state index in [2.05, 4.69) is 5.32 Å². The van der Waals surface area contributed by atoms with E-state index < -0.39 is 15.9 Å². The number of carbonyl (C=O) groups is 2. The summed E-state index contributed by atoms with van der Waals surface area (Å²) in [4.78, 5) is 24.5. The third kappa shape index (κ3) is 4.65. The van der Waals surface area contributed by atoms with Crippen molar-refractivity contribution in [1.82, 2.24) is 4.31 Å². The van der Waals surface area contributed by atoms with Crippen LogP contribution in [0.4, 0.5) is 5.69 Å². The zero-order valence-corrected chi connectivity index (χ0v) is 17.3. The number of ketones is 1. The van der Waals surface area contributed by atoms with Crippen LogP contribution < -0.4 is 10.1 Å². The van der Waals surface area contributed by atoms with Gasteiger partial charge in [0.1, 0.15) is 5.75 Å². The Morgan fingerprint density at radius 3 is 2.41 bits per heavy atom. The van der Waals surface area contributed by atoms with E-state index in [0.29, 0.717) is 24.3 Å². The number of benzene rings is 2. The molecule has 0 atom stereocenters. The molecule has 1 saturated heterocycles. The van der Waals surface area contributed by atoms with E-state index in [1.807, 2.05) is 0 Å². The zero-order chi connectivity index (χ0) is 21.0. The number of hydrogen-bond acceptors (Lipinski definition) is 5. The van der Waals surface area contributed by atoms with Crippen LogP contribution in [0.25, 0.3) is 0 Å². The molecule has 0 aromatic heterocycles. The summed E-state index contributed by atoms with van der Waals surface area (Å²) in [5.41, 5.74) is 1.02. The smallest absolute Gasteiger partial charge is 0.259 e. The number of carbonyl (C=O) groups excluding carboxylic acids is 2. The number of anilines is 1. The van der Waals surface area contributed by atoms with Gasteiger partial charge in [0.25, 0.3) is 5.91 Å². The zero-order valence-electron chi connectivity index (χ0n) is 16.5. The van der Waals surface area contributed by atoms with Crippen LogP contribution in [0.3, 0.4) is 0 Å². The van der Waals surface area contributed by atoms with Crippen LogP contribution in [0.2, 0.25) is 0 Å². The fourth-order valence-electron chi connectivity index (χ4n) is 3.29. The van der Waals surface area contributed by atoms with Crippen LogP contribution in [-0.2, 0) is 10.0 Å². The standard InChI is InChI=1S/C21H24N2O5S/c1-15(24)16-7-6-8-17(13-16)22-21(25)19-14-18(9-10-20(19)28-2)29(26,27)23-11-4-3-5-12-23/h6-10,13-14H,3-5,11-12H2,1-2H3,(H,22,25). The van der Waals surface area contributed by atoms with Crippen molar-refractivity contribution in [3.05, 3.63) is 53.6 Å². The fourth-order valence-corrected chi connectivity index (χ4v) is 4.84. The van der Waals surface area contributed by atoms with E-state index in [-0.39, 0.29) is 22.0 Å². The number of sulfonamides is 1. The molecule has 1 heterocycles. The number of nitrogens with one attached hydrogen (secondary N) is 1. The minimum absolute atomic E-state index is 0.0582. The van der Waals surface area contributed by atoms with E-state index in [4.69, 9.17) is 4.74 Å². The Kier molecular flexibility index (Phi) is 6.34. The van der Waals surface area contributed by atoms with Crippen molar-refractivity contribution in [2.24, 2.45) is 0 Å². The second-order valence-corrected chi connectivity index (χ2v) is 8.86. The van der Waals surface area contributed by atoms with Gasteiger partial charge in [-0.3, -0.25) is 9.59 Å². The van der Waals surface area contributed by atoms with E-state index in [1.165, 1.54) is 36.5 Å². The average molecular weight is 416 g/mol. The summed E-state index contributed by atoms with van der Waals surface area (Å²) in [7, 11) is -2.26. The van der Waals surface area contributed by atoms with Crippen LogP contribution in [0.15, 0.2) is 47.4 Å². The van der Waals surface area contributed by atoms with Gasteiger partial charge in [-0.25, -0.2) is 8.42 Å². The summed E-state index contributed by atoms with van der Waals surface area (Å²) < 4.78 is 32.6. The lowest BCUT2D eigenvalue weighted by Crippen LogP contribution is -2.35. The van der Waals surface area contributed by atoms with E-state index in [1.54, 1.807) is 24.3 Å². The first-order valence-electron chi connectivity index (χ1n) is 9.43. The highest BCUT2D eigenvalue weighted by molar-refractivity contribution is 7.89. The first-order chi connectivity index (χ1) is 13.8. The van der Waals surface area contributed by atoms with Gasteiger partial charge in [0, 0.05) is 24.3 Å². The van der Waals surface area contributed by atoms with E-state index >= 15 is 0 Å². The van der Waals surface area contributed by atoms with Crippen LogP contribution in [0.5, 0.6) is 5.75 Å². The van der Waals surface area contributed by atoms with Crippen LogP contribution in [0.1, 0.15) is 46.9 Å². The number of methoxy groups -OCH3 is 1. The second-order valence-electron chi connectivity index (χ2n) is 6.92. The van der Waals surface area contributed by atoms with Crippen molar-refractivity contribution < 1.29 is 22.7 Å². The third-order valence-electron chi connectivity index (χ3n) is 4.90. The number of Topliss-reactive ketones (excluding diaryl/α,β-unsaturated/α-hetero) is 1. The molecular weight excluding hydrogens is 392 g/mol. The van der Waals surface area contributed by atoms with Gasteiger partial charge in [-0.15, -0.1) is 0 Å². The Labute approximate surface area is 170 Å². The molecular formula is C21H24N2O5S. The molecule has 2 aromatic rings. The lowest BCUT2D eigenvalue weighted by molar-refractivity contribution is 0.101. The van der Waals surface area contributed by atoms with Crippen molar-refractivity contribution in [2.75, 3.05) is 25.5 Å². The Hall–Kier alpha value is -2.71. The van der Waals surface area contributed by atoms with Gasteiger partial charge in [-0.2, -0.15) is 4.31 Å². The summed E-state index contributed by atoms with van der Waals surface area (Å²) in [6.07, 6.45) is 2.67. The quantitative estimate of drug-likeness (QED) is 0.729. The molecule has 0 unspecified atom stereocenters. The molecule has 2 aromatic carbocycles. The molecule has 1 fully saturated rings. The van der Waals surface area contributed by atoms with Gasteiger partial charge in [-0.1, -0.05) is 18.6 Å². The third-order valence-corrected chi connectivity index (χ3v) is 6.79. The molecule has 7 nitrogen and oxygen atoms in total. The maximum atomic E-state index is 13.0. The number of piperidine rings is 1. The lowest BCUT2D eigenvalue weighted by Gasteiger charge is -2.26. The minimum atomic E-state index is -3.68. The molecule has 1 aliphatic rings. The van der Waals surface area contributed by atoms with E-state index in [0.717, 1.165) is 19.3 Å². The molecule has 1 aliphatic heterocycles. The van der Waals surface area contributed by atoms with Crippen LogP contribution in [-0.4, -0.2) is 44.6 Å². The summed E-state index contributed by atoms with van der Waals surface area (Å²) >= 11 is 0. The molecule has 3 rings (SSSR count). The van der Waals surface area contributed by atoms with Crippen molar-refractivity contribution in [1.29, 1.82) is 0 Å². The molecule has 0 aliphatic carbocycles. The summed E-state index contributed by atoms with van der Waals surface area (Å²) in [5, 5.41) is 2.71. The average Bonchev–Trinajstić information content (AvgIpc) is 2.74. The summed E-state index contributed by atoms with van der Waals surface area (Å²) in [5.74, 6) is -0.366. The van der Waals surface area contributed by atoms with Crippen molar-refractivity contribution in [3.8, 4) is 5.75 Å². The highest BCUT2D eigenvalue weighted by Gasteiger charge is 2.27. The normalized spacial score (nSPS) is 15.0. The number of ether oxygens (including phenoxy) is 1. The van der Waals surface area contributed by atoms with Gasteiger partial charge in [0.2, 0.25) is 10.0 Å². The highest BCUT2D eigenvalue weighted by Crippen LogP contribution is 2.27. The van der Waals surface area contributed by atoms with Crippen molar-refractivity contribution in [3.63, 3.8) is 0 Å². The number of nitrogens with zero attached hydrogens (tertiary/aromatic N) is 1. The molecule has 0 radical (unpaired) electrons. The maximum absolute atomic E-state index is 13.0. The monoisotopic (exact) mass is 416 g/mol. The molecule has 29 heavy (non-hydrogen) atoms. The molecule has 1 N–H and O–H groups in total. The predicted octanol–water partition coefficient (Wildman–Crippen LogP) is 3.32. The summed E-state index contributed by atoms with van der Waals surface area (Å²) in [6, 6.07) is 10.8. The van der Waals surface area contributed by atoms with Crippen molar-refractivity contribution in [2.45, 2.75) is 31.1 Å². The maximum Gasteiger partial charge on any atom is 0.259 e. The van der Waals surface area contributed by atoms with E-state index in [9.17, 15) is 18.0 Å². The molecule has 8 heteroatoms. The van der Waals surface area contributed by atoms with Crippen LogP contribution in [0, 0.1) is 0 Å². The molecule has 1 amide bonds. The predicted molar refractivity (Wildman–Crippen MR) is 110 cm³/mol. The van der Waals surface area contributed by atoms with Gasteiger partial charge >= 0.3 is 0 Å². The number of hydrogen-bond donors (Lipinski definition) is 1. The molecule has 154 valence electrons. The minimum Gasteiger partial charge on any atom is -0.496 e. The lowest BCUT2D eigenvalue weighted by atomic mass is 10.1. The highest BCUT2D eigenvalue weighted by atomic mass is 32.2. The number of amides is 1.